The monoisotopic (exact) mass is 429 g/mol. The van der Waals surface area contributed by atoms with Crippen molar-refractivity contribution in [2.45, 2.75) is 27.7 Å². The Morgan fingerprint density at radius 1 is 1.16 bits per heavy atom. The van der Waals surface area contributed by atoms with Gasteiger partial charge in [0.15, 0.2) is 0 Å². The maximum Gasteiger partial charge on any atom is 0.416 e. The molecule has 2 aromatic carbocycles. The molecular formula is C25H23N3O4. The molecule has 0 radical (unpaired) electrons. The first-order valence-electron chi connectivity index (χ1n) is 10.5. The summed E-state index contributed by atoms with van der Waals surface area (Å²) < 4.78 is 12.6. The number of H-pyrrole nitrogens is 1. The molecule has 7 nitrogen and oxygen atoms in total. The van der Waals surface area contributed by atoms with Crippen LogP contribution in [0.25, 0.3) is 44.2 Å². The molecule has 0 amide bonds. The number of benzene rings is 2. The van der Waals surface area contributed by atoms with Crippen molar-refractivity contribution in [3.63, 3.8) is 0 Å². The van der Waals surface area contributed by atoms with Crippen molar-refractivity contribution in [1.82, 2.24) is 14.7 Å². The van der Waals surface area contributed by atoms with Gasteiger partial charge in [-0.25, -0.2) is 9.36 Å². The lowest BCUT2D eigenvalue weighted by Gasteiger charge is -2.09. The minimum atomic E-state index is -1.04. The standard InChI is InChI=1S/C25H23N3O4/c1-5-31-24-23(20-12-16-8-6-7-9-19(16)28(20)25(29)30)21-13(2)10-17(11-18(21)26-24)22-14(3)27-32-15(22)4/h6-12,26H,5H2,1-4H3,(H,29,30). The summed E-state index contributed by atoms with van der Waals surface area (Å²) in [5.74, 6) is 1.30. The Labute approximate surface area is 184 Å². The smallest absolute Gasteiger partial charge is 0.416 e. The summed E-state index contributed by atoms with van der Waals surface area (Å²) in [6.45, 7) is 8.19. The number of aryl methyl sites for hydroxylation is 3. The van der Waals surface area contributed by atoms with Crippen LogP contribution < -0.4 is 4.74 Å². The SMILES string of the molecule is CCOc1[nH]c2cc(-c3c(C)noc3C)cc(C)c2c1-c1cc2ccccc2n1C(=O)O. The molecule has 0 saturated carbocycles. The molecule has 0 aliphatic carbocycles. The van der Waals surface area contributed by atoms with E-state index in [9.17, 15) is 9.90 Å². The number of nitrogens with zero attached hydrogens (tertiary/aromatic N) is 2. The van der Waals surface area contributed by atoms with Gasteiger partial charge in [0.2, 0.25) is 5.88 Å². The molecule has 5 aromatic rings. The third kappa shape index (κ3) is 2.89. The molecule has 3 aromatic heterocycles. The second kappa shape index (κ2) is 7.30. The van der Waals surface area contributed by atoms with E-state index < -0.39 is 6.09 Å². The van der Waals surface area contributed by atoms with E-state index in [1.807, 2.05) is 64.1 Å². The van der Waals surface area contributed by atoms with Crippen molar-refractivity contribution in [2.24, 2.45) is 0 Å². The van der Waals surface area contributed by atoms with Crippen LogP contribution in [0.4, 0.5) is 4.79 Å². The Balaban J connectivity index is 1.85. The van der Waals surface area contributed by atoms with Crippen LogP contribution in [-0.4, -0.2) is 32.5 Å². The summed E-state index contributed by atoms with van der Waals surface area (Å²) in [6.07, 6.45) is -1.04. The molecule has 0 spiro atoms. The van der Waals surface area contributed by atoms with Gasteiger partial charge in [-0.05, 0) is 57.0 Å². The van der Waals surface area contributed by atoms with E-state index in [2.05, 4.69) is 16.2 Å². The van der Waals surface area contributed by atoms with E-state index in [1.165, 1.54) is 4.57 Å². The fraction of sp³-hybridized carbons (Fsp3) is 0.200. The molecule has 0 bridgehead atoms. The third-order valence-corrected chi connectivity index (χ3v) is 5.83. The Morgan fingerprint density at radius 2 is 1.94 bits per heavy atom. The first-order valence-corrected chi connectivity index (χ1v) is 10.5. The predicted molar refractivity (Wildman–Crippen MR) is 124 cm³/mol. The van der Waals surface area contributed by atoms with E-state index in [1.54, 1.807) is 0 Å². The molecule has 7 heteroatoms. The molecule has 0 aliphatic heterocycles. The number of aromatic amines is 1. The van der Waals surface area contributed by atoms with Gasteiger partial charge in [0.05, 0.1) is 29.1 Å². The summed E-state index contributed by atoms with van der Waals surface area (Å²) in [6, 6.07) is 13.5. The first-order chi connectivity index (χ1) is 15.4. The lowest BCUT2D eigenvalue weighted by Crippen LogP contribution is -2.09. The second-order valence-electron chi connectivity index (χ2n) is 7.88. The molecule has 32 heavy (non-hydrogen) atoms. The van der Waals surface area contributed by atoms with Crippen LogP contribution in [-0.2, 0) is 0 Å². The molecule has 2 N–H and O–H groups in total. The van der Waals surface area contributed by atoms with Crippen molar-refractivity contribution >= 4 is 27.9 Å². The third-order valence-electron chi connectivity index (χ3n) is 5.83. The maximum absolute atomic E-state index is 12.3. The molecule has 3 heterocycles. The highest BCUT2D eigenvalue weighted by Gasteiger charge is 2.25. The van der Waals surface area contributed by atoms with Crippen LogP contribution >= 0.6 is 0 Å². The normalized spacial score (nSPS) is 11.5. The van der Waals surface area contributed by atoms with Crippen LogP contribution in [0.3, 0.4) is 0 Å². The minimum Gasteiger partial charge on any atom is -0.479 e. The number of fused-ring (bicyclic) bond motifs is 2. The molecular weight excluding hydrogens is 406 g/mol. The summed E-state index contributed by atoms with van der Waals surface area (Å²) >= 11 is 0. The average Bonchev–Trinajstić information content (AvgIpc) is 3.40. The number of aromatic nitrogens is 3. The number of carbonyl (C=O) groups is 1. The van der Waals surface area contributed by atoms with Crippen LogP contribution in [0.15, 0.2) is 47.0 Å². The molecule has 0 fully saturated rings. The number of rotatable bonds is 4. The lowest BCUT2D eigenvalue weighted by molar-refractivity contribution is 0.198. The van der Waals surface area contributed by atoms with Gasteiger partial charge >= 0.3 is 6.09 Å². The quantitative estimate of drug-likeness (QED) is 0.350. The van der Waals surface area contributed by atoms with E-state index in [0.717, 1.165) is 50.0 Å². The first kappa shape index (κ1) is 19.9. The van der Waals surface area contributed by atoms with Crippen LogP contribution in [0, 0.1) is 20.8 Å². The lowest BCUT2D eigenvalue weighted by atomic mass is 9.97. The minimum absolute atomic E-state index is 0.447. The Kier molecular flexibility index (Phi) is 4.55. The number of carboxylic acid groups (broad SMARTS) is 1. The highest BCUT2D eigenvalue weighted by Crippen LogP contribution is 2.43. The summed E-state index contributed by atoms with van der Waals surface area (Å²) in [5.41, 5.74) is 6.58. The van der Waals surface area contributed by atoms with Gasteiger partial charge in [0, 0.05) is 21.9 Å². The van der Waals surface area contributed by atoms with Gasteiger partial charge in [-0.3, -0.25) is 0 Å². The Morgan fingerprint density at radius 3 is 2.62 bits per heavy atom. The Bertz CT molecular complexity index is 1480. The Hall–Kier alpha value is -4.00. The van der Waals surface area contributed by atoms with Crippen molar-refractivity contribution in [3.05, 3.63) is 59.5 Å². The van der Waals surface area contributed by atoms with E-state index in [-0.39, 0.29) is 0 Å². The zero-order chi connectivity index (χ0) is 22.6. The van der Waals surface area contributed by atoms with E-state index in [4.69, 9.17) is 9.26 Å². The number of hydrogen-bond acceptors (Lipinski definition) is 4. The summed E-state index contributed by atoms with van der Waals surface area (Å²) in [4.78, 5) is 15.6. The summed E-state index contributed by atoms with van der Waals surface area (Å²) in [5, 5.41) is 15.9. The molecule has 0 atom stereocenters. The number of para-hydroxylation sites is 1. The van der Waals surface area contributed by atoms with Crippen LogP contribution in [0.5, 0.6) is 5.88 Å². The van der Waals surface area contributed by atoms with Crippen LogP contribution in [0.2, 0.25) is 0 Å². The van der Waals surface area contributed by atoms with Gasteiger partial charge in [0.1, 0.15) is 5.76 Å². The van der Waals surface area contributed by atoms with Crippen LogP contribution in [0.1, 0.15) is 23.9 Å². The molecule has 162 valence electrons. The largest absolute Gasteiger partial charge is 0.479 e. The van der Waals surface area contributed by atoms with Gasteiger partial charge in [-0.2, -0.15) is 0 Å². The van der Waals surface area contributed by atoms with Gasteiger partial charge in [0.25, 0.3) is 0 Å². The molecule has 0 aliphatic rings. The fourth-order valence-electron chi connectivity index (χ4n) is 4.60. The van der Waals surface area contributed by atoms with Crippen molar-refractivity contribution < 1.29 is 19.2 Å². The zero-order valence-electron chi connectivity index (χ0n) is 18.3. The summed E-state index contributed by atoms with van der Waals surface area (Å²) in [7, 11) is 0. The number of ether oxygens (including phenoxy) is 1. The van der Waals surface area contributed by atoms with Crippen molar-refractivity contribution in [2.75, 3.05) is 6.61 Å². The van der Waals surface area contributed by atoms with Crippen molar-refractivity contribution in [3.8, 4) is 28.3 Å². The molecule has 5 rings (SSSR count). The van der Waals surface area contributed by atoms with E-state index >= 15 is 0 Å². The van der Waals surface area contributed by atoms with E-state index in [0.29, 0.717) is 23.7 Å². The van der Waals surface area contributed by atoms with Gasteiger partial charge in [-0.15, -0.1) is 0 Å². The zero-order valence-corrected chi connectivity index (χ0v) is 18.3. The molecule has 0 saturated heterocycles. The van der Waals surface area contributed by atoms with Gasteiger partial charge in [-0.1, -0.05) is 29.4 Å². The number of hydrogen-bond donors (Lipinski definition) is 2. The van der Waals surface area contributed by atoms with Gasteiger partial charge < -0.3 is 19.4 Å². The average molecular weight is 429 g/mol. The number of nitrogens with one attached hydrogen (secondary N) is 1. The maximum atomic E-state index is 12.3. The predicted octanol–water partition coefficient (Wildman–Crippen LogP) is 6.29. The highest BCUT2D eigenvalue weighted by atomic mass is 16.5. The highest BCUT2D eigenvalue weighted by molar-refractivity contribution is 6.06. The van der Waals surface area contributed by atoms with Crippen molar-refractivity contribution in [1.29, 1.82) is 0 Å². The second-order valence-corrected chi connectivity index (χ2v) is 7.88. The molecule has 0 unspecified atom stereocenters. The topological polar surface area (TPSA) is 93.3 Å². The fourth-order valence-corrected chi connectivity index (χ4v) is 4.60.